The highest BCUT2D eigenvalue weighted by Gasteiger charge is 2.37. The number of hydrogen-bond donors (Lipinski definition) is 3. The summed E-state index contributed by atoms with van der Waals surface area (Å²) in [7, 11) is 3.23. The number of aromatic nitrogens is 6. The Bertz CT molecular complexity index is 1560. The van der Waals surface area contributed by atoms with Crippen LogP contribution in [0.3, 0.4) is 0 Å². The summed E-state index contributed by atoms with van der Waals surface area (Å²) in [4.78, 5) is 32.4. The molecule has 3 aromatic rings. The summed E-state index contributed by atoms with van der Waals surface area (Å²) in [6.07, 6.45) is -2.12. The van der Waals surface area contributed by atoms with E-state index in [1.54, 1.807) is 25.9 Å². The number of anilines is 4. The molecule has 1 aliphatic heterocycles. The van der Waals surface area contributed by atoms with E-state index >= 15 is 0 Å². The van der Waals surface area contributed by atoms with E-state index in [0.717, 1.165) is 19.0 Å². The van der Waals surface area contributed by atoms with Crippen LogP contribution in [0.25, 0.3) is 11.3 Å². The van der Waals surface area contributed by atoms with Crippen LogP contribution in [0.1, 0.15) is 46.1 Å². The van der Waals surface area contributed by atoms with Crippen LogP contribution in [0.4, 0.5) is 36.2 Å². The van der Waals surface area contributed by atoms with Crippen LogP contribution in [-0.4, -0.2) is 68.8 Å². The highest BCUT2D eigenvalue weighted by atomic mass is 19.4. The number of rotatable bonds is 7. The molecule has 1 aliphatic carbocycles. The lowest BCUT2D eigenvalue weighted by Crippen LogP contribution is -2.29. The average molecular weight is 550 g/mol. The maximum Gasteiger partial charge on any atom is 0.422 e. The Morgan fingerprint density at radius 3 is 2.69 bits per heavy atom. The molecule has 0 radical (unpaired) electrons. The topological polar surface area (TPSA) is 152 Å². The fraction of sp³-hybridized carbons (Fsp3) is 0.435. The van der Waals surface area contributed by atoms with Crippen molar-refractivity contribution in [2.45, 2.75) is 32.0 Å². The van der Waals surface area contributed by atoms with E-state index in [2.05, 4.69) is 36.0 Å². The molecule has 3 N–H and O–H groups in total. The van der Waals surface area contributed by atoms with Crippen LogP contribution in [0.2, 0.25) is 0 Å². The number of pyridine rings is 1. The summed E-state index contributed by atoms with van der Waals surface area (Å²) in [5.41, 5.74) is 0.662. The van der Waals surface area contributed by atoms with Gasteiger partial charge in [0.2, 0.25) is 5.91 Å². The quantitative estimate of drug-likeness (QED) is 0.401. The van der Waals surface area contributed by atoms with Crippen LogP contribution in [0.5, 0.6) is 5.75 Å². The van der Waals surface area contributed by atoms with Gasteiger partial charge in [0.15, 0.2) is 23.9 Å². The summed E-state index contributed by atoms with van der Waals surface area (Å²) in [5.74, 6) is -1.74. The lowest BCUT2D eigenvalue weighted by molar-refractivity contribution is -0.153. The minimum absolute atomic E-state index is 0.0169. The molecule has 0 saturated heterocycles. The zero-order chi connectivity index (χ0) is 30.6. The van der Waals surface area contributed by atoms with E-state index in [9.17, 15) is 22.8 Å². The largest absolute Gasteiger partial charge is 0.482 e. The zero-order valence-electron chi connectivity index (χ0n) is 23.9. The highest BCUT2D eigenvalue weighted by Crippen LogP contribution is 2.50. The molecule has 0 bridgehead atoms. The first-order valence-electron chi connectivity index (χ1n) is 13.3. The Balaban J connectivity index is 1.62. The van der Waals surface area contributed by atoms with E-state index in [-0.39, 0.29) is 51.8 Å². The monoisotopic (exact) mass is 549 g/mol. The molecule has 39 heavy (non-hydrogen) atoms. The molecule has 1 saturated carbocycles. The molecular weight excluding hydrogens is 521 g/mol. The van der Waals surface area contributed by atoms with Crippen molar-refractivity contribution in [3.8, 4) is 17.0 Å². The maximum atomic E-state index is 13.1. The number of alkyl halides is 3. The van der Waals surface area contributed by atoms with Gasteiger partial charge in [0, 0.05) is 37.2 Å². The Morgan fingerprint density at radius 2 is 2.00 bits per heavy atom. The SMILES string of the molecule is [2H]C([2H])([2H])NC(=O)c1nnc(NC(=O)C2CC2)cc1Nc1ncc(OCC(F)(F)F)c2c1N(C)[C@H](C)c1nn(C)nc1-2. The van der Waals surface area contributed by atoms with Gasteiger partial charge >= 0.3 is 6.18 Å². The van der Waals surface area contributed by atoms with E-state index in [1.807, 2.05) is 5.32 Å². The van der Waals surface area contributed by atoms with Crippen molar-refractivity contribution in [2.24, 2.45) is 13.0 Å². The summed E-state index contributed by atoms with van der Waals surface area (Å²) >= 11 is 0. The molecule has 4 heterocycles. The number of aryl methyl sites for hydroxylation is 1. The van der Waals surface area contributed by atoms with Crippen molar-refractivity contribution in [1.82, 2.24) is 35.5 Å². The van der Waals surface area contributed by atoms with Crippen molar-refractivity contribution in [3.05, 3.63) is 23.7 Å². The molecule has 16 heteroatoms. The minimum Gasteiger partial charge on any atom is -0.482 e. The molecule has 0 aromatic carbocycles. The van der Waals surface area contributed by atoms with Crippen molar-refractivity contribution in [1.29, 1.82) is 0 Å². The van der Waals surface area contributed by atoms with Crippen molar-refractivity contribution in [3.63, 3.8) is 0 Å². The Hall–Kier alpha value is -4.50. The molecule has 2 amide bonds. The van der Waals surface area contributed by atoms with Gasteiger partial charge in [0.1, 0.15) is 17.1 Å². The third kappa shape index (κ3) is 5.13. The smallest absolute Gasteiger partial charge is 0.422 e. The van der Waals surface area contributed by atoms with Crippen molar-refractivity contribution >= 4 is 34.8 Å². The summed E-state index contributed by atoms with van der Waals surface area (Å²) in [6, 6.07) is 0.868. The van der Waals surface area contributed by atoms with E-state index in [0.29, 0.717) is 5.69 Å². The number of nitrogens with one attached hydrogen (secondary N) is 3. The zero-order valence-corrected chi connectivity index (χ0v) is 20.9. The second kappa shape index (κ2) is 9.67. The van der Waals surface area contributed by atoms with Gasteiger partial charge < -0.3 is 25.6 Å². The van der Waals surface area contributed by atoms with Crippen LogP contribution in [-0.2, 0) is 11.8 Å². The second-order valence-corrected chi connectivity index (χ2v) is 9.14. The van der Waals surface area contributed by atoms with Crippen LogP contribution in [0, 0.1) is 5.92 Å². The standard InChI is InChI=1S/C23H25F3N10O3/c1-10-16-18(34-36(4)33-16)15-13(39-9-23(24,25)26)8-28-20(19(15)35(10)3)29-12-7-14(30-21(37)11-5-6-11)31-32-17(12)22(38)27-2/h7-8,10-11H,5-6,9H2,1-4H3,(H,27,38)(H2,28,29,30,31,37)/t10-/m1/s1/i2D3. The predicted octanol–water partition coefficient (Wildman–Crippen LogP) is 2.57. The van der Waals surface area contributed by atoms with Gasteiger partial charge in [-0.2, -0.15) is 28.2 Å². The predicted molar refractivity (Wildman–Crippen MR) is 133 cm³/mol. The molecule has 3 aromatic heterocycles. The van der Waals surface area contributed by atoms with Crippen LogP contribution >= 0.6 is 0 Å². The van der Waals surface area contributed by atoms with Gasteiger partial charge in [-0.15, -0.1) is 10.2 Å². The van der Waals surface area contributed by atoms with E-state index < -0.39 is 37.4 Å². The number of hydrogen-bond acceptors (Lipinski definition) is 10. The normalized spacial score (nSPS) is 17.7. The molecule has 0 spiro atoms. The Kier molecular flexibility index (Phi) is 5.57. The maximum absolute atomic E-state index is 13.1. The molecule has 5 rings (SSSR count). The fourth-order valence-corrected chi connectivity index (χ4v) is 4.15. The number of ether oxygens (including phenoxy) is 1. The third-order valence-electron chi connectivity index (χ3n) is 6.29. The molecule has 0 unspecified atom stereocenters. The average Bonchev–Trinajstić information content (AvgIpc) is 3.66. The van der Waals surface area contributed by atoms with Crippen molar-refractivity contribution in [2.75, 3.05) is 36.2 Å². The Morgan fingerprint density at radius 1 is 1.23 bits per heavy atom. The van der Waals surface area contributed by atoms with Gasteiger partial charge in [-0.05, 0) is 19.8 Å². The lowest BCUT2D eigenvalue weighted by atomic mass is 9.97. The summed E-state index contributed by atoms with van der Waals surface area (Å²) < 4.78 is 66.5. The van der Waals surface area contributed by atoms with Gasteiger partial charge in [-0.3, -0.25) is 9.59 Å². The van der Waals surface area contributed by atoms with Gasteiger partial charge in [0.25, 0.3) is 5.91 Å². The van der Waals surface area contributed by atoms with Crippen molar-refractivity contribution < 1.29 is 31.6 Å². The van der Waals surface area contributed by atoms with Gasteiger partial charge in [-0.25, -0.2) is 4.98 Å². The first kappa shape index (κ1) is 22.5. The lowest BCUT2D eigenvalue weighted by Gasteiger charge is -2.34. The molecule has 13 nitrogen and oxygen atoms in total. The van der Waals surface area contributed by atoms with E-state index in [1.165, 1.54) is 10.9 Å². The molecular formula is C23H25F3N10O3. The number of halogens is 3. The second-order valence-electron chi connectivity index (χ2n) is 9.14. The number of amides is 2. The third-order valence-corrected chi connectivity index (χ3v) is 6.29. The van der Waals surface area contributed by atoms with Crippen LogP contribution in [0.15, 0.2) is 12.3 Å². The minimum atomic E-state index is -4.63. The van der Waals surface area contributed by atoms with E-state index in [4.69, 9.17) is 8.85 Å². The molecule has 1 atom stereocenters. The number of carbonyl (C=O) groups excluding carboxylic acids is 2. The van der Waals surface area contributed by atoms with Crippen LogP contribution < -0.4 is 25.6 Å². The first-order chi connectivity index (χ1) is 19.6. The van der Waals surface area contributed by atoms with Gasteiger partial charge in [-0.1, -0.05) is 0 Å². The molecule has 206 valence electrons. The highest BCUT2D eigenvalue weighted by molar-refractivity contribution is 6.01. The molecule has 1 fully saturated rings. The summed E-state index contributed by atoms with van der Waals surface area (Å²) in [5, 5.41) is 23.8. The summed E-state index contributed by atoms with van der Waals surface area (Å²) in [6.45, 7) is -2.62. The van der Waals surface area contributed by atoms with Gasteiger partial charge in [0.05, 0.1) is 29.2 Å². The number of nitrogens with zero attached hydrogens (tertiary/aromatic N) is 7. The molecule has 2 aliphatic rings. The number of carbonyl (C=O) groups is 2. The number of fused-ring (bicyclic) bond motifs is 3. The first-order valence-corrected chi connectivity index (χ1v) is 11.8. The Labute approximate surface area is 224 Å². The fourth-order valence-electron chi connectivity index (χ4n) is 4.15.